The van der Waals surface area contributed by atoms with E-state index in [0.29, 0.717) is 5.84 Å². The van der Waals surface area contributed by atoms with Gasteiger partial charge < -0.3 is 5.73 Å². The smallest absolute Gasteiger partial charge is 0.105 e. The van der Waals surface area contributed by atoms with Crippen LogP contribution < -0.4 is 5.73 Å². The van der Waals surface area contributed by atoms with Crippen molar-refractivity contribution in [1.29, 1.82) is 0 Å². The largest absolute Gasteiger partial charge is 0.387 e. The van der Waals surface area contributed by atoms with Crippen LogP contribution in [0.15, 0.2) is 41.5 Å². The molecule has 0 radical (unpaired) electrons. The van der Waals surface area contributed by atoms with Crippen molar-refractivity contribution in [2.24, 2.45) is 16.1 Å². The monoisotopic (exact) mass is 263 g/mol. The predicted molar refractivity (Wildman–Crippen MR) is 79.7 cm³/mol. The van der Waals surface area contributed by atoms with Crippen LogP contribution in [0, 0.1) is 5.41 Å². The summed E-state index contributed by atoms with van der Waals surface area (Å²) in [6, 6.07) is 9.97. The fourth-order valence-electron chi connectivity index (χ4n) is 1.43. The third kappa shape index (κ3) is 3.20. The number of fused-ring (bicyclic) bond motifs is 1. The molecule has 1 aromatic heterocycles. The maximum atomic E-state index is 5.95. The van der Waals surface area contributed by atoms with Crippen LogP contribution in [0.3, 0.4) is 0 Å². The minimum Gasteiger partial charge on any atom is -0.387 e. The first-order valence-corrected chi connectivity index (χ1v) is 5.66. The first-order valence-electron chi connectivity index (χ1n) is 5.66. The van der Waals surface area contributed by atoms with Crippen LogP contribution in [0.4, 0.5) is 5.69 Å². The Bertz CT molecular complexity index is 571. The summed E-state index contributed by atoms with van der Waals surface area (Å²) in [5, 5.41) is 1.08. The summed E-state index contributed by atoms with van der Waals surface area (Å²) in [4.78, 5) is 8.77. The number of aromatic nitrogens is 1. The predicted octanol–water partition coefficient (Wildman–Crippen LogP) is 3.69. The molecule has 0 atom stereocenters. The van der Waals surface area contributed by atoms with Gasteiger partial charge in [0.15, 0.2) is 0 Å². The van der Waals surface area contributed by atoms with Crippen LogP contribution in [-0.4, -0.2) is 10.8 Å². The second-order valence-corrected chi connectivity index (χ2v) is 5.13. The maximum Gasteiger partial charge on any atom is 0.105 e. The number of para-hydroxylation sites is 1. The van der Waals surface area contributed by atoms with E-state index < -0.39 is 0 Å². The van der Waals surface area contributed by atoms with Gasteiger partial charge in [0.05, 0.1) is 17.4 Å². The van der Waals surface area contributed by atoms with Crippen molar-refractivity contribution in [2.75, 3.05) is 0 Å². The summed E-state index contributed by atoms with van der Waals surface area (Å²) in [7, 11) is 0. The summed E-state index contributed by atoms with van der Waals surface area (Å²) < 4.78 is 0. The Morgan fingerprint density at radius 1 is 1.22 bits per heavy atom. The van der Waals surface area contributed by atoms with Crippen molar-refractivity contribution in [3.05, 3.63) is 36.5 Å². The van der Waals surface area contributed by atoms with E-state index >= 15 is 0 Å². The molecule has 0 fully saturated rings. The molecule has 0 unspecified atom stereocenters. The number of pyridine rings is 1. The van der Waals surface area contributed by atoms with E-state index in [1.54, 1.807) is 6.20 Å². The zero-order chi connectivity index (χ0) is 12.5. The number of benzene rings is 1. The van der Waals surface area contributed by atoms with Gasteiger partial charge in [-0.2, -0.15) is 0 Å². The zero-order valence-electron chi connectivity index (χ0n) is 10.8. The van der Waals surface area contributed by atoms with Gasteiger partial charge in [0, 0.05) is 10.8 Å². The number of rotatable bonds is 1. The standard InChI is InChI=1S/C14H17N3.ClH/c1-14(2,3)13(15)17-11-8-10-6-4-5-7-12(10)16-9-11;/h4-9H,1-3H3,(H2,15,17);1H. The Balaban J connectivity index is 0.00000162. The molecule has 0 saturated carbocycles. The minimum atomic E-state index is -0.119. The minimum absolute atomic E-state index is 0. The van der Waals surface area contributed by atoms with Crippen molar-refractivity contribution >= 4 is 34.8 Å². The number of halogens is 1. The Morgan fingerprint density at radius 2 is 1.89 bits per heavy atom. The second-order valence-electron chi connectivity index (χ2n) is 5.13. The Kier molecular flexibility index (Phi) is 4.30. The van der Waals surface area contributed by atoms with Crippen LogP contribution >= 0.6 is 12.4 Å². The molecule has 96 valence electrons. The Labute approximate surface area is 114 Å². The van der Waals surface area contributed by atoms with E-state index in [2.05, 4.69) is 9.98 Å². The SMILES string of the molecule is CC(C)(C)C(N)=Nc1cnc2ccccc2c1.Cl. The topological polar surface area (TPSA) is 51.3 Å². The van der Waals surface area contributed by atoms with Crippen LogP contribution in [0.2, 0.25) is 0 Å². The highest BCUT2D eigenvalue weighted by Crippen LogP contribution is 2.21. The van der Waals surface area contributed by atoms with E-state index in [0.717, 1.165) is 16.6 Å². The van der Waals surface area contributed by atoms with Crippen LogP contribution in [0.1, 0.15) is 20.8 Å². The number of aliphatic imine (C=N–C) groups is 1. The summed E-state index contributed by atoms with van der Waals surface area (Å²) in [5.41, 5.74) is 7.60. The lowest BCUT2D eigenvalue weighted by molar-refractivity contribution is 0.585. The van der Waals surface area contributed by atoms with E-state index in [1.807, 2.05) is 51.1 Å². The normalized spacial score (nSPS) is 12.3. The molecule has 0 aliphatic carbocycles. The molecule has 1 aromatic carbocycles. The highest BCUT2D eigenvalue weighted by atomic mass is 35.5. The van der Waals surface area contributed by atoms with Crippen molar-refractivity contribution in [2.45, 2.75) is 20.8 Å². The molecule has 0 aliphatic heterocycles. The molecule has 4 heteroatoms. The molecule has 2 N–H and O–H groups in total. The Hall–Kier alpha value is -1.61. The number of nitrogens with two attached hydrogens (primary N) is 1. The molecule has 1 heterocycles. The molecule has 18 heavy (non-hydrogen) atoms. The van der Waals surface area contributed by atoms with Crippen LogP contribution in [0.5, 0.6) is 0 Å². The number of hydrogen-bond acceptors (Lipinski definition) is 2. The highest BCUT2D eigenvalue weighted by Gasteiger charge is 2.15. The molecule has 0 amide bonds. The van der Waals surface area contributed by atoms with Gasteiger partial charge in [-0.1, -0.05) is 39.0 Å². The average molecular weight is 264 g/mol. The number of amidine groups is 1. The Morgan fingerprint density at radius 3 is 2.56 bits per heavy atom. The summed E-state index contributed by atoms with van der Waals surface area (Å²) in [6.45, 7) is 6.13. The van der Waals surface area contributed by atoms with Gasteiger partial charge in [0.25, 0.3) is 0 Å². The van der Waals surface area contributed by atoms with Gasteiger partial charge in [0.1, 0.15) is 5.84 Å². The molecule has 0 aliphatic rings. The number of hydrogen-bond donors (Lipinski definition) is 1. The lowest BCUT2D eigenvalue weighted by Gasteiger charge is -2.17. The molecular weight excluding hydrogens is 246 g/mol. The first-order chi connectivity index (χ1) is 7.97. The van der Waals surface area contributed by atoms with Crippen molar-refractivity contribution in [3.8, 4) is 0 Å². The van der Waals surface area contributed by atoms with Gasteiger partial charge in [-0.15, -0.1) is 12.4 Å². The fraction of sp³-hybridized carbons (Fsp3) is 0.286. The number of nitrogens with zero attached hydrogens (tertiary/aromatic N) is 2. The zero-order valence-corrected chi connectivity index (χ0v) is 11.7. The molecule has 3 nitrogen and oxygen atoms in total. The van der Waals surface area contributed by atoms with E-state index in [4.69, 9.17) is 5.73 Å². The van der Waals surface area contributed by atoms with Crippen LogP contribution in [-0.2, 0) is 0 Å². The van der Waals surface area contributed by atoms with Gasteiger partial charge >= 0.3 is 0 Å². The second kappa shape index (κ2) is 5.36. The highest BCUT2D eigenvalue weighted by molar-refractivity contribution is 5.89. The molecule has 2 aromatic rings. The van der Waals surface area contributed by atoms with Gasteiger partial charge in [-0.3, -0.25) is 4.98 Å². The molecule has 0 bridgehead atoms. The lowest BCUT2D eigenvalue weighted by Crippen LogP contribution is -2.28. The fourth-order valence-corrected chi connectivity index (χ4v) is 1.43. The first kappa shape index (κ1) is 14.5. The molecule has 2 rings (SSSR count). The molecule has 0 spiro atoms. The maximum absolute atomic E-state index is 5.95. The molecule has 0 saturated heterocycles. The van der Waals surface area contributed by atoms with Crippen LogP contribution in [0.25, 0.3) is 10.9 Å². The quantitative estimate of drug-likeness (QED) is 0.630. The van der Waals surface area contributed by atoms with Crippen molar-refractivity contribution in [3.63, 3.8) is 0 Å². The van der Waals surface area contributed by atoms with E-state index in [-0.39, 0.29) is 17.8 Å². The average Bonchev–Trinajstić information content (AvgIpc) is 2.27. The summed E-state index contributed by atoms with van der Waals surface area (Å²) >= 11 is 0. The molecular formula is C14H18ClN3. The van der Waals surface area contributed by atoms with Gasteiger partial charge in [0.2, 0.25) is 0 Å². The van der Waals surface area contributed by atoms with Crippen molar-refractivity contribution < 1.29 is 0 Å². The van der Waals surface area contributed by atoms with E-state index in [9.17, 15) is 0 Å². The van der Waals surface area contributed by atoms with Crippen molar-refractivity contribution in [1.82, 2.24) is 4.98 Å². The summed E-state index contributed by atoms with van der Waals surface area (Å²) in [5.74, 6) is 0.620. The third-order valence-corrected chi connectivity index (χ3v) is 2.59. The van der Waals surface area contributed by atoms with Gasteiger partial charge in [-0.25, -0.2) is 4.99 Å². The lowest BCUT2D eigenvalue weighted by atomic mass is 9.95. The summed E-state index contributed by atoms with van der Waals surface area (Å²) in [6.07, 6.45) is 1.75. The van der Waals surface area contributed by atoms with Gasteiger partial charge in [-0.05, 0) is 12.1 Å². The van der Waals surface area contributed by atoms with E-state index in [1.165, 1.54) is 0 Å². The third-order valence-electron chi connectivity index (χ3n) is 2.59.